The Labute approximate surface area is 217 Å². The zero-order valence-electron chi connectivity index (χ0n) is 22.1. The quantitative estimate of drug-likeness (QED) is 0.619. The topological polar surface area (TPSA) is 127 Å². The van der Waals surface area contributed by atoms with Gasteiger partial charge in [0.25, 0.3) is 11.1 Å². The highest BCUT2D eigenvalue weighted by molar-refractivity contribution is 5.84. The Morgan fingerprint density at radius 2 is 1.49 bits per heavy atom. The number of rotatable bonds is 5. The van der Waals surface area contributed by atoms with Crippen LogP contribution in [0, 0.1) is 0 Å². The van der Waals surface area contributed by atoms with E-state index in [2.05, 4.69) is 5.32 Å². The standard InChI is InChI=1S/C16H24N2O4.C11H16N2O2/c1-16(2,3)22-15(20)17-13-8-6-9-18(14(13)19)11-12-7-4-5-10-21-12;12-10-5-3-6-13(11(10)14)8-9-4-1-2-7-15-9/h6,8-9,12H,4-5,7,10-11H2,1-3H3,(H,17,20);3,5-6,9H,1-2,4,7-8,12H2. The zero-order chi connectivity index (χ0) is 26.8. The molecule has 1 amide bonds. The van der Waals surface area contributed by atoms with Gasteiger partial charge in [-0.25, -0.2) is 4.79 Å². The summed E-state index contributed by atoms with van der Waals surface area (Å²) in [6.07, 6.45) is 9.55. The summed E-state index contributed by atoms with van der Waals surface area (Å²) in [5.41, 5.74) is 5.10. The van der Waals surface area contributed by atoms with Gasteiger partial charge in [-0.2, -0.15) is 0 Å². The minimum absolute atomic E-state index is 0.0585. The highest BCUT2D eigenvalue weighted by Crippen LogP contribution is 2.15. The minimum Gasteiger partial charge on any atom is -0.444 e. The first-order valence-corrected chi connectivity index (χ1v) is 13.0. The number of anilines is 2. The summed E-state index contributed by atoms with van der Waals surface area (Å²) in [6.45, 7) is 7.99. The van der Waals surface area contributed by atoms with Gasteiger partial charge in [0.05, 0.1) is 31.0 Å². The maximum atomic E-state index is 12.4. The van der Waals surface area contributed by atoms with Crippen molar-refractivity contribution >= 4 is 17.5 Å². The molecule has 2 aliphatic heterocycles. The molecule has 2 fully saturated rings. The van der Waals surface area contributed by atoms with Gasteiger partial charge in [0, 0.05) is 25.6 Å². The number of amides is 1. The minimum atomic E-state index is -0.628. The monoisotopic (exact) mass is 516 g/mol. The molecule has 2 unspecified atom stereocenters. The Morgan fingerprint density at radius 3 is 2.00 bits per heavy atom. The van der Waals surface area contributed by atoms with Gasteiger partial charge in [-0.3, -0.25) is 14.9 Å². The number of aromatic nitrogens is 2. The maximum absolute atomic E-state index is 12.4. The fourth-order valence-corrected chi connectivity index (χ4v) is 4.23. The Hall–Kier alpha value is -3.11. The smallest absolute Gasteiger partial charge is 0.412 e. The van der Waals surface area contributed by atoms with Gasteiger partial charge in [-0.1, -0.05) is 0 Å². The molecular weight excluding hydrogens is 476 g/mol. The van der Waals surface area contributed by atoms with Gasteiger partial charge in [-0.05, 0) is 83.6 Å². The van der Waals surface area contributed by atoms with Crippen molar-refractivity contribution in [3.8, 4) is 0 Å². The number of pyridine rings is 2. The van der Waals surface area contributed by atoms with E-state index in [1.54, 1.807) is 66.6 Å². The number of carbonyl (C=O) groups excluding carboxylic acids is 1. The predicted octanol–water partition coefficient (Wildman–Crippen LogP) is 3.76. The molecule has 3 N–H and O–H groups in total. The van der Waals surface area contributed by atoms with E-state index in [0.29, 0.717) is 18.8 Å². The lowest BCUT2D eigenvalue weighted by Crippen LogP contribution is -2.33. The molecule has 4 heterocycles. The van der Waals surface area contributed by atoms with Crippen LogP contribution in [0.2, 0.25) is 0 Å². The second-order valence-corrected chi connectivity index (χ2v) is 10.4. The molecule has 10 heteroatoms. The van der Waals surface area contributed by atoms with Crippen molar-refractivity contribution in [3.05, 3.63) is 57.4 Å². The number of nitrogen functional groups attached to an aromatic ring is 1. The van der Waals surface area contributed by atoms with Crippen LogP contribution in [-0.2, 0) is 27.3 Å². The van der Waals surface area contributed by atoms with E-state index >= 15 is 0 Å². The van der Waals surface area contributed by atoms with Crippen LogP contribution in [0.25, 0.3) is 0 Å². The van der Waals surface area contributed by atoms with Crippen LogP contribution in [0.15, 0.2) is 46.2 Å². The Morgan fingerprint density at radius 1 is 0.946 bits per heavy atom. The summed E-state index contributed by atoms with van der Waals surface area (Å²) in [5.74, 6) is 0. The van der Waals surface area contributed by atoms with Crippen LogP contribution in [0.1, 0.15) is 59.3 Å². The van der Waals surface area contributed by atoms with Crippen molar-refractivity contribution < 1.29 is 19.0 Å². The average Bonchev–Trinajstić information content (AvgIpc) is 2.85. The zero-order valence-corrected chi connectivity index (χ0v) is 22.1. The number of nitrogens with one attached hydrogen (secondary N) is 1. The van der Waals surface area contributed by atoms with Gasteiger partial charge in [-0.15, -0.1) is 0 Å². The highest BCUT2D eigenvalue weighted by atomic mass is 16.6. The molecule has 204 valence electrons. The van der Waals surface area contributed by atoms with Crippen LogP contribution < -0.4 is 22.2 Å². The second kappa shape index (κ2) is 13.4. The first kappa shape index (κ1) is 28.5. The van der Waals surface area contributed by atoms with Crippen molar-refractivity contribution in [2.45, 2.75) is 90.2 Å². The van der Waals surface area contributed by atoms with E-state index in [4.69, 9.17) is 19.9 Å². The summed E-state index contributed by atoms with van der Waals surface area (Å²) in [7, 11) is 0. The maximum Gasteiger partial charge on any atom is 0.412 e. The molecule has 0 saturated carbocycles. The summed E-state index contributed by atoms with van der Waals surface area (Å²) < 4.78 is 19.6. The molecule has 0 aromatic carbocycles. The highest BCUT2D eigenvalue weighted by Gasteiger charge is 2.19. The van der Waals surface area contributed by atoms with Crippen LogP contribution in [-0.4, -0.2) is 46.3 Å². The predicted molar refractivity (Wildman–Crippen MR) is 143 cm³/mol. The summed E-state index contributed by atoms with van der Waals surface area (Å²) >= 11 is 0. The van der Waals surface area contributed by atoms with E-state index in [0.717, 1.165) is 45.3 Å². The molecule has 0 radical (unpaired) electrons. The van der Waals surface area contributed by atoms with Crippen LogP contribution in [0.5, 0.6) is 0 Å². The molecule has 4 rings (SSSR count). The number of ether oxygens (including phenoxy) is 3. The van der Waals surface area contributed by atoms with Crippen molar-refractivity contribution in [2.75, 3.05) is 24.3 Å². The molecular formula is C27H40N4O6. The van der Waals surface area contributed by atoms with E-state index in [1.165, 1.54) is 6.42 Å². The molecule has 2 aliphatic rings. The molecule has 37 heavy (non-hydrogen) atoms. The van der Waals surface area contributed by atoms with Crippen LogP contribution >= 0.6 is 0 Å². The molecule has 2 saturated heterocycles. The number of nitrogens with zero attached hydrogens (tertiary/aromatic N) is 2. The van der Waals surface area contributed by atoms with E-state index in [-0.39, 0.29) is 29.0 Å². The van der Waals surface area contributed by atoms with Crippen LogP contribution in [0.4, 0.5) is 16.2 Å². The molecule has 10 nitrogen and oxygen atoms in total. The number of carbonyl (C=O) groups is 1. The molecule has 2 aromatic heterocycles. The van der Waals surface area contributed by atoms with Crippen molar-refractivity contribution in [1.82, 2.24) is 9.13 Å². The van der Waals surface area contributed by atoms with E-state index in [1.807, 2.05) is 0 Å². The average molecular weight is 517 g/mol. The van der Waals surface area contributed by atoms with E-state index in [9.17, 15) is 14.4 Å². The van der Waals surface area contributed by atoms with Gasteiger partial charge < -0.3 is 29.1 Å². The van der Waals surface area contributed by atoms with Crippen molar-refractivity contribution in [2.24, 2.45) is 0 Å². The van der Waals surface area contributed by atoms with Crippen LogP contribution in [0.3, 0.4) is 0 Å². The lowest BCUT2D eigenvalue weighted by atomic mass is 10.1. The third-order valence-electron chi connectivity index (χ3n) is 6.05. The van der Waals surface area contributed by atoms with Gasteiger partial charge in [0.1, 0.15) is 11.3 Å². The number of hydrogen-bond acceptors (Lipinski definition) is 7. The Kier molecular flexibility index (Phi) is 10.3. The number of hydrogen-bond donors (Lipinski definition) is 2. The van der Waals surface area contributed by atoms with Gasteiger partial charge in [0.15, 0.2) is 0 Å². The number of nitrogens with two attached hydrogens (primary N) is 1. The first-order chi connectivity index (χ1) is 17.6. The summed E-state index contributed by atoms with van der Waals surface area (Å²) in [4.78, 5) is 35.8. The first-order valence-electron chi connectivity index (χ1n) is 13.0. The summed E-state index contributed by atoms with van der Waals surface area (Å²) in [5, 5.41) is 2.51. The largest absolute Gasteiger partial charge is 0.444 e. The van der Waals surface area contributed by atoms with Gasteiger partial charge in [0.2, 0.25) is 0 Å². The summed E-state index contributed by atoms with van der Waals surface area (Å²) in [6, 6.07) is 6.72. The molecule has 0 spiro atoms. The van der Waals surface area contributed by atoms with Crippen molar-refractivity contribution in [3.63, 3.8) is 0 Å². The molecule has 0 bridgehead atoms. The molecule has 0 aliphatic carbocycles. The lowest BCUT2D eigenvalue weighted by Gasteiger charge is -2.23. The lowest BCUT2D eigenvalue weighted by molar-refractivity contribution is 0.00533. The molecule has 2 atom stereocenters. The van der Waals surface area contributed by atoms with Gasteiger partial charge >= 0.3 is 6.09 Å². The fourth-order valence-electron chi connectivity index (χ4n) is 4.23. The van der Waals surface area contributed by atoms with Crippen molar-refractivity contribution in [1.29, 1.82) is 0 Å². The normalized spacial score (nSPS) is 19.9. The third kappa shape index (κ3) is 9.36. The van der Waals surface area contributed by atoms with E-state index < -0.39 is 11.7 Å². The SMILES string of the molecule is CC(C)(C)OC(=O)Nc1cccn(CC2CCCCO2)c1=O.Nc1cccn(CC2CCCCO2)c1=O. The Balaban J connectivity index is 0.000000220. The molecule has 2 aromatic rings. The third-order valence-corrected chi connectivity index (χ3v) is 6.05. The second-order valence-electron chi connectivity index (χ2n) is 10.4. The Bertz CT molecular complexity index is 1120. The fraction of sp³-hybridized carbons (Fsp3) is 0.593.